The first-order valence-electron chi connectivity index (χ1n) is 4.53. The van der Waals surface area contributed by atoms with Crippen molar-refractivity contribution in [3.8, 4) is 0 Å². The number of thioether (sulfide) groups is 1. The molecule has 0 aromatic carbocycles. The van der Waals surface area contributed by atoms with Gasteiger partial charge in [0.25, 0.3) is 0 Å². The Labute approximate surface area is 97.0 Å². The summed E-state index contributed by atoms with van der Waals surface area (Å²) in [6.07, 6.45) is 0.703. The van der Waals surface area contributed by atoms with E-state index in [0.717, 1.165) is 15.9 Å². The van der Waals surface area contributed by atoms with Crippen LogP contribution in [0, 0.1) is 6.92 Å². The molecule has 0 aliphatic heterocycles. The molecule has 0 radical (unpaired) electrons. The van der Waals surface area contributed by atoms with Gasteiger partial charge >= 0.3 is 0 Å². The molecule has 0 aliphatic rings. The fourth-order valence-electron chi connectivity index (χ4n) is 1.03. The van der Waals surface area contributed by atoms with E-state index < -0.39 is 0 Å². The molecule has 0 fully saturated rings. The molecule has 0 aliphatic carbocycles. The zero-order chi connectivity index (χ0) is 11.3. The minimum Gasteiger partial charge on any atom is -0.368 e. The van der Waals surface area contributed by atoms with Crippen LogP contribution < -0.4 is 11.1 Å². The van der Waals surface area contributed by atoms with Gasteiger partial charge in [0, 0.05) is 5.75 Å². The third-order valence-electron chi connectivity index (χ3n) is 1.83. The van der Waals surface area contributed by atoms with Crippen LogP contribution in [0.1, 0.15) is 12.2 Å². The SMILES string of the molecule is CNC(CCSc1nc(C)ns1)C(N)=O. The van der Waals surface area contributed by atoms with Crippen LogP contribution in [0.2, 0.25) is 0 Å². The zero-order valence-corrected chi connectivity index (χ0v) is 10.3. The lowest BCUT2D eigenvalue weighted by Crippen LogP contribution is -2.39. The molecule has 84 valence electrons. The van der Waals surface area contributed by atoms with Crippen LogP contribution in [0.5, 0.6) is 0 Å². The quantitative estimate of drug-likeness (QED) is 0.710. The van der Waals surface area contributed by atoms with Gasteiger partial charge < -0.3 is 11.1 Å². The molecule has 5 nitrogen and oxygen atoms in total. The lowest BCUT2D eigenvalue weighted by molar-refractivity contribution is -0.119. The highest BCUT2D eigenvalue weighted by atomic mass is 32.2. The maximum atomic E-state index is 10.9. The summed E-state index contributed by atoms with van der Waals surface area (Å²) < 4.78 is 5.01. The number of carbonyl (C=O) groups excluding carboxylic acids is 1. The lowest BCUT2D eigenvalue weighted by Gasteiger charge is -2.10. The summed E-state index contributed by atoms with van der Waals surface area (Å²) in [6, 6.07) is -0.258. The third-order valence-corrected chi connectivity index (χ3v) is 3.79. The number of rotatable bonds is 6. The zero-order valence-electron chi connectivity index (χ0n) is 8.69. The van der Waals surface area contributed by atoms with Gasteiger partial charge in [0.15, 0.2) is 4.34 Å². The van der Waals surface area contributed by atoms with Crippen molar-refractivity contribution in [1.82, 2.24) is 14.7 Å². The topological polar surface area (TPSA) is 80.9 Å². The van der Waals surface area contributed by atoms with Crippen molar-refractivity contribution in [2.45, 2.75) is 23.7 Å². The van der Waals surface area contributed by atoms with Gasteiger partial charge in [-0.15, -0.1) is 0 Å². The molecule has 1 heterocycles. The van der Waals surface area contributed by atoms with Crippen LogP contribution in [0.4, 0.5) is 0 Å². The average molecular weight is 246 g/mol. The van der Waals surface area contributed by atoms with Gasteiger partial charge in [-0.25, -0.2) is 4.98 Å². The summed E-state index contributed by atoms with van der Waals surface area (Å²) in [5.41, 5.74) is 5.19. The number of nitrogens with two attached hydrogens (primary N) is 1. The molecule has 1 rings (SSSR count). The lowest BCUT2D eigenvalue weighted by atomic mass is 10.2. The van der Waals surface area contributed by atoms with Gasteiger partial charge in [-0.2, -0.15) is 4.37 Å². The summed E-state index contributed by atoms with van der Waals surface area (Å²) >= 11 is 2.98. The highest BCUT2D eigenvalue weighted by molar-refractivity contribution is 8.00. The molecule has 0 saturated carbocycles. The number of aryl methyl sites for hydroxylation is 1. The molecule has 0 bridgehead atoms. The number of hydrogen-bond acceptors (Lipinski definition) is 6. The van der Waals surface area contributed by atoms with E-state index in [-0.39, 0.29) is 11.9 Å². The Bertz CT molecular complexity index is 328. The predicted octanol–water partition coefficient (Wildman–Crippen LogP) is 0.402. The molecular formula is C8H14N4OS2. The molecule has 1 unspecified atom stereocenters. The van der Waals surface area contributed by atoms with Crippen LogP contribution >= 0.6 is 23.3 Å². The molecule has 1 amide bonds. The normalized spacial score (nSPS) is 12.7. The van der Waals surface area contributed by atoms with Gasteiger partial charge in [0.2, 0.25) is 5.91 Å². The first-order chi connectivity index (χ1) is 7.13. The van der Waals surface area contributed by atoms with E-state index in [4.69, 9.17) is 5.73 Å². The maximum Gasteiger partial charge on any atom is 0.234 e. The van der Waals surface area contributed by atoms with Crippen molar-refractivity contribution < 1.29 is 4.79 Å². The Morgan fingerprint density at radius 2 is 2.47 bits per heavy atom. The van der Waals surface area contributed by atoms with E-state index in [1.807, 2.05) is 6.92 Å². The van der Waals surface area contributed by atoms with Gasteiger partial charge in [-0.1, -0.05) is 11.8 Å². The minimum absolute atomic E-state index is 0.258. The average Bonchev–Trinajstić information content (AvgIpc) is 2.58. The number of aromatic nitrogens is 2. The largest absolute Gasteiger partial charge is 0.368 e. The summed E-state index contributed by atoms with van der Waals surface area (Å²) in [7, 11) is 1.73. The van der Waals surface area contributed by atoms with E-state index >= 15 is 0 Å². The van der Waals surface area contributed by atoms with Crippen molar-refractivity contribution in [3.05, 3.63) is 5.82 Å². The monoisotopic (exact) mass is 246 g/mol. The van der Waals surface area contributed by atoms with Crippen LogP contribution in [0.25, 0.3) is 0 Å². The molecule has 7 heteroatoms. The molecule has 1 aromatic heterocycles. The summed E-state index contributed by atoms with van der Waals surface area (Å²) in [5, 5.41) is 2.87. The second-order valence-corrected chi connectivity index (χ2v) is 5.08. The Morgan fingerprint density at radius 1 is 1.73 bits per heavy atom. The fourth-order valence-corrected chi connectivity index (χ4v) is 2.75. The maximum absolute atomic E-state index is 10.9. The number of nitrogens with zero attached hydrogens (tertiary/aromatic N) is 2. The standard InChI is InChI=1S/C8H14N4OS2/c1-5-11-8(15-12-5)14-4-3-6(10-2)7(9)13/h6,10H,3-4H2,1-2H3,(H2,9,13). The fraction of sp³-hybridized carbons (Fsp3) is 0.625. The predicted molar refractivity (Wildman–Crippen MR) is 62.0 cm³/mol. The summed E-state index contributed by atoms with van der Waals surface area (Å²) in [5.74, 6) is 1.29. The van der Waals surface area contributed by atoms with E-state index in [0.29, 0.717) is 6.42 Å². The molecule has 3 N–H and O–H groups in total. The van der Waals surface area contributed by atoms with Crippen LogP contribution in [-0.4, -0.2) is 34.1 Å². The van der Waals surface area contributed by atoms with Crippen LogP contribution in [-0.2, 0) is 4.79 Å². The van der Waals surface area contributed by atoms with E-state index in [2.05, 4.69) is 14.7 Å². The minimum atomic E-state index is -0.313. The summed E-state index contributed by atoms with van der Waals surface area (Å²) in [4.78, 5) is 15.1. The Balaban J connectivity index is 2.29. The van der Waals surface area contributed by atoms with Crippen LogP contribution in [0.3, 0.4) is 0 Å². The molecule has 1 aromatic rings. The van der Waals surface area contributed by atoms with Gasteiger partial charge in [-0.05, 0) is 31.9 Å². The Hall–Kier alpha value is -0.660. The number of likely N-dealkylation sites (N-methyl/N-ethyl adjacent to an activating group) is 1. The summed E-state index contributed by atoms with van der Waals surface area (Å²) in [6.45, 7) is 1.86. The molecule has 0 saturated heterocycles. The van der Waals surface area contributed by atoms with Crippen molar-refractivity contribution in [2.75, 3.05) is 12.8 Å². The second-order valence-electron chi connectivity index (χ2n) is 2.99. The van der Waals surface area contributed by atoms with Gasteiger partial charge in [0.05, 0.1) is 6.04 Å². The first-order valence-corrected chi connectivity index (χ1v) is 6.29. The third kappa shape index (κ3) is 4.15. The number of primary amides is 1. The number of hydrogen-bond donors (Lipinski definition) is 2. The molecular weight excluding hydrogens is 232 g/mol. The Kier molecular flexibility index (Phi) is 5.00. The van der Waals surface area contributed by atoms with E-state index in [9.17, 15) is 4.79 Å². The number of nitrogens with one attached hydrogen (secondary N) is 1. The van der Waals surface area contributed by atoms with E-state index in [1.165, 1.54) is 11.5 Å². The number of carbonyl (C=O) groups is 1. The van der Waals surface area contributed by atoms with Crippen LogP contribution in [0.15, 0.2) is 4.34 Å². The van der Waals surface area contributed by atoms with Gasteiger partial charge in [0.1, 0.15) is 5.82 Å². The smallest absolute Gasteiger partial charge is 0.234 e. The molecule has 0 spiro atoms. The number of amides is 1. The van der Waals surface area contributed by atoms with Crippen molar-refractivity contribution in [1.29, 1.82) is 0 Å². The van der Waals surface area contributed by atoms with Crippen molar-refractivity contribution >= 4 is 29.2 Å². The van der Waals surface area contributed by atoms with Crippen molar-refractivity contribution in [2.24, 2.45) is 5.73 Å². The van der Waals surface area contributed by atoms with Gasteiger partial charge in [-0.3, -0.25) is 4.79 Å². The molecule has 1 atom stereocenters. The van der Waals surface area contributed by atoms with E-state index in [1.54, 1.807) is 18.8 Å². The van der Waals surface area contributed by atoms with Crippen molar-refractivity contribution in [3.63, 3.8) is 0 Å². The highest BCUT2D eigenvalue weighted by Gasteiger charge is 2.12. The molecule has 15 heavy (non-hydrogen) atoms. The Morgan fingerprint density at radius 3 is 2.93 bits per heavy atom. The first kappa shape index (κ1) is 12.4. The second kappa shape index (κ2) is 6.04. The highest BCUT2D eigenvalue weighted by Crippen LogP contribution is 2.20.